The molecule has 0 saturated heterocycles. The smallest absolute Gasteiger partial charge is 0.116 e. The molecular formula is C38H44Cl2N4S2. The number of aromatic nitrogens is 4. The molecule has 0 radical (unpaired) electrons. The lowest BCUT2D eigenvalue weighted by molar-refractivity contribution is 0.881. The van der Waals surface area contributed by atoms with E-state index in [9.17, 15) is 0 Å². The van der Waals surface area contributed by atoms with Crippen LogP contribution in [0.5, 0.6) is 0 Å². The highest BCUT2D eigenvalue weighted by molar-refractivity contribution is 7.24. The van der Waals surface area contributed by atoms with E-state index in [0.29, 0.717) is 9.36 Å². The second-order valence-electron chi connectivity index (χ2n) is 11.7. The highest BCUT2D eigenvalue weighted by atomic mass is 35.5. The minimum Gasteiger partial charge on any atom is -0.235 e. The second kappa shape index (κ2) is 16.8. The van der Waals surface area contributed by atoms with Crippen LogP contribution in [0, 0.1) is 27.7 Å². The highest BCUT2D eigenvalue weighted by Gasteiger charge is 2.17. The minimum absolute atomic E-state index is 0.509. The summed E-state index contributed by atoms with van der Waals surface area (Å²) in [6.45, 7) is 17.3. The molecule has 2 aromatic carbocycles. The Labute approximate surface area is 292 Å². The summed E-state index contributed by atoms with van der Waals surface area (Å²) in [6, 6.07) is 13.0. The van der Waals surface area contributed by atoms with Gasteiger partial charge < -0.3 is 0 Å². The van der Waals surface area contributed by atoms with E-state index in [2.05, 4.69) is 112 Å². The average molecular weight is 692 g/mol. The van der Waals surface area contributed by atoms with Gasteiger partial charge in [-0.2, -0.15) is 0 Å². The maximum Gasteiger partial charge on any atom is 0.116 e. The quantitative estimate of drug-likeness (QED) is 0.167. The van der Waals surface area contributed by atoms with Gasteiger partial charge in [-0.25, -0.2) is 19.9 Å². The standard InChI is InChI=1S/C20H24N2S.C14H10Cl2N2S.C4H10/c1-5-7-16-17(8-6-2)23-20-18(21-12-22-19(16)20)15-10-13(3)9-14(4)11-15;1-7-3-8(2)5-9(4-7)11-13-12(18-6-17-11)10(15)14(16)19-13;1-3-4-2/h9-12H,5-8H2,1-4H3;3-6H,1-2H3;3-4H2,1-2H3. The first-order valence-corrected chi connectivity index (χ1v) is 18.5. The van der Waals surface area contributed by atoms with E-state index >= 15 is 0 Å². The number of rotatable bonds is 7. The van der Waals surface area contributed by atoms with Crippen molar-refractivity contribution in [2.45, 2.75) is 93.9 Å². The van der Waals surface area contributed by atoms with Gasteiger partial charge in [-0.1, -0.05) is 111 Å². The molecule has 0 saturated carbocycles. The maximum absolute atomic E-state index is 6.15. The summed E-state index contributed by atoms with van der Waals surface area (Å²) in [5.74, 6) is 0. The number of halogens is 2. The Kier molecular flexibility index (Phi) is 13.1. The molecule has 0 spiro atoms. The molecule has 6 rings (SSSR count). The zero-order chi connectivity index (χ0) is 33.4. The molecule has 4 heterocycles. The van der Waals surface area contributed by atoms with Gasteiger partial charge in [0.15, 0.2) is 0 Å². The van der Waals surface area contributed by atoms with Crippen molar-refractivity contribution >= 4 is 66.3 Å². The summed E-state index contributed by atoms with van der Waals surface area (Å²) in [6.07, 6.45) is 10.5. The Bertz CT molecular complexity index is 1880. The predicted molar refractivity (Wildman–Crippen MR) is 203 cm³/mol. The van der Waals surface area contributed by atoms with Crippen LogP contribution in [0.2, 0.25) is 9.36 Å². The third-order valence-corrected chi connectivity index (χ3v) is 10.8. The number of nitrogens with zero attached hydrogens (tertiary/aromatic N) is 4. The largest absolute Gasteiger partial charge is 0.235 e. The molecule has 242 valence electrons. The Morgan fingerprint density at radius 1 is 0.543 bits per heavy atom. The van der Waals surface area contributed by atoms with Crippen LogP contribution in [0.4, 0.5) is 0 Å². The normalized spacial score (nSPS) is 10.9. The lowest BCUT2D eigenvalue weighted by Crippen LogP contribution is -1.92. The Hall–Kier alpha value is -2.90. The monoisotopic (exact) mass is 690 g/mol. The molecule has 0 bridgehead atoms. The molecule has 0 aliphatic carbocycles. The van der Waals surface area contributed by atoms with E-state index < -0.39 is 0 Å². The van der Waals surface area contributed by atoms with Crippen LogP contribution in [0.25, 0.3) is 42.9 Å². The van der Waals surface area contributed by atoms with Crippen molar-refractivity contribution in [2.75, 3.05) is 0 Å². The van der Waals surface area contributed by atoms with E-state index in [-0.39, 0.29) is 0 Å². The molecule has 0 aliphatic heterocycles. The zero-order valence-electron chi connectivity index (χ0n) is 28.2. The Balaban J connectivity index is 0.000000190. The summed E-state index contributed by atoms with van der Waals surface area (Å²) in [5, 5.41) is 0.509. The van der Waals surface area contributed by atoms with Crippen LogP contribution in [-0.2, 0) is 12.8 Å². The Morgan fingerprint density at radius 3 is 1.46 bits per heavy atom. The Morgan fingerprint density at radius 2 is 1.00 bits per heavy atom. The van der Waals surface area contributed by atoms with Gasteiger partial charge in [0.1, 0.15) is 22.5 Å². The predicted octanol–water partition coefficient (Wildman–Crippen LogP) is 13.0. The molecule has 0 amide bonds. The van der Waals surface area contributed by atoms with E-state index in [1.165, 1.54) is 85.4 Å². The summed E-state index contributed by atoms with van der Waals surface area (Å²) < 4.78 is 2.75. The molecule has 0 fully saturated rings. The molecule has 0 atom stereocenters. The fraction of sp³-hybridized carbons (Fsp3) is 0.368. The summed E-state index contributed by atoms with van der Waals surface area (Å²) in [4.78, 5) is 19.4. The maximum atomic E-state index is 6.15. The van der Waals surface area contributed by atoms with Crippen molar-refractivity contribution in [2.24, 2.45) is 0 Å². The fourth-order valence-electron chi connectivity index (χ4n) is 5.43. The van der Waals surface area contributed by atoms with Crippen molar-refractivity contribution in [1.82, 2.24) is 19.9 Å². The summed E-state index contributed by atoms with van der Waals surface area (Å²) >= 11 is 15.6. The molecule has 4 nitrogen and oxygen atoms in total. The van der Waals surface area contributed by atoms with Crippen molar-refractivity contribution in [3.8, 4) is 22.5 Å². The molecule has 0 N–H and O–H groups in total. The van der Waals surface area contributed by atoms with Gasteiger partial charge in [-0.15, -0.1) is 22.7 Å². The molecule has 8 heteroatoms. The van der Waals surface area contributed by atoms with Crippen molar-refractivity contribution in [1.29, 1.82) is 0 Å². The molecular weight excluding hydrogens is 647 g/mol. The van der Waals surface area contributed by atoms with Crippen LogP contribution in [0.3, 0.4) is 0 Å². The van der Waals surface area contributed by atoms with E-state index in [1.807, 2.05) is 11.3 Å². The third kappa shape index (κ3) is 8.51. The van der Waals surface area contributed by atoms with Crippen LogP contribution < -0.4 is 0 Å². The lowest BCUT2D eigenvalue weighted by Gasteiger charge is -2.05. The van der Waals surface area contributed by atoms with Gasteiger partial charge >= 0.3 is 0 Å². The number of unbranched alkanes of at least 4 members (excludes halogenated alkanes) is 1. The first-order valence-electron chi connectivity index (χ1n) is 16.1. The van der Waals surface area contributed by atoms with Crippen molar-refractivity contribution < 1.29 is 0 Å². The number of thiophene rings is 2. The SMILES string of the molecule is CCCC.CCCc1sc2c(-c3cc(C)cc(C)c3)ncnc2c1CCC.Cc1cc(C)cc(-c2ncnc3c(Cl)c(Cl)sc23)c1. The number of hydrogen-bond donors (Lipinski definition) is 0. The van der Waals surface area contributed by atoms with E-state index in [0.717, 1.165) is 46.4 Å². The minimum atomic E-state index is 0.509. The van der Waals surface area contributed by atoms with Crippen molar-refractivity contribution in [3.63, 3.8) is 0 Å². The van der Waals surface area contributed by atoms with Crippen LogP contribution in [0.1, 0.15) is 86.1 Å². The van der Waals surface area contributed by atoms with Gasteiger partial charge in [0.25, 0.3) is 0 Å². The molecule has 6 aromatic rings. The van der Waals surface area contributed by atoms with Gasteiger partial charge in [0.2, 0.25) is 0 Å². The zero-order valence-corrected chi connectivity index (χ0v) is 31.4. The van der Waals surface area contributed by atoms with Gasteiger partial charge in [-0.3, -0.25) is 0 Å². The summed E-state index contributed by atoms with van der Waals surface area (Å²) in [7, 11) is 0. The fourth-order valence-corrected chi connectivity index (χ4v) is 8.36. The van der Waals surface area contributed by atoms with Gasteiger partial charge in [0.05, 0.1) is 31.3 Å². The second-order valence-corrected chi connectivity index (χ2v) is 14.9. The van der Waals surface area contributed by atoms with E-state index in [4.69, 9.17) is 23.2 Å². The molecule has 46 heavy (non-hydrogen) atoms. The number of aryl methyl sites for hydroxylation is 6. The number of hydrogen-bond acceptors (Lipinski definition) is 6. The van der Waals surface area contributed by atoms with E-state index in [1.54, 1.807) is 6.33 Å². The van der Waals surface area contributed by atoms with Crippen molar-refractivity contribution in [3.05, 3.63) is 91.1 Å². The molecule has 0 unspecified atom stereocenters. The molecule has 4 aromatic heterocycles. The number of fused-ring (bicyclic) bond motifs is 2. The third-order valence-electron chi connectivity index (χ3n) is 7.49. The van der Waals surface area contributed by atoms with Crippen LogP contribution in [0.15, 0.2) is 49.1 Å². The van der Waals surface area contributed by atoms with Gasteiger partial charge in [0, 0.05) is 16.0 Å². The highest BCUT2D eigenvalue weighted by Crippen LogP contribution is 2.41. The lowest BCUT2D eigenvalue weighted by atomic mass is 10.0. The van der Waals surface area contributed by atoms with Crippen LogP contribution in [-0.4, -0.2) is 19.9 Å². The average Bonchev–Trinajstić information content (AvgIpc) is 3.52. The topological polar surface area (TPSA) is 51.6 Å². The van der Waals surface area contributed by atoms with Crippen LogP contribution >= 0.6 is 45.9 Å². The first-order chi connectivity index (χ1) is 22.1. The summed E-state index contributed by atoms with van der Waals surface area (Å²) in [5.41, 5.74) is 12.6. The molecule has 0 aliphatic rings. The first kappa shape index (κ1) is 35.9. The van der Waals surface area contributed by atoms with Gasteiger partial charge in [-0.05, 0) is 70.4 Å². The number of benzene rings is 2.